The molecule has 3 aromatic rings. The van der Waals surface area contributed by atoms with Gasteiger partial charge >= 0.3 is 0 Å². The van der Waals surface area contributed by atoms with Crippen molar-refractivity contribution in [3.8, 4) is 5.75 Å². The van der Waals surface area contributed by atoms with Gasteiger partial charge in [-0.25, -0.2) is 4.39 Å². The predicted molar refractivity (Wildman–Crippen MR) is 90.9 cm³/mol. The molecule has 0 aromatic heterocycles. The van der Waals surface area contributed by atoms with Crippen LogP contribution in [0.1, 0.15) is 11.1 Å². The van der Waals surface area contributed by atoms with Crippen molar-refractivity contribution in [3.63, 3.8) is 0 Å². The Morgan fingerprint density at radius 3 is 2.43 bits per heavy atom. The summed E-state index contributed by atoms with van der Waals surface area (Å²) >= 11 is 0. The zero-order chi connectivity index (χ0) is 15.9. The van der Waals surface area contributed by atoms with E-state index < -0.39 is 0 Å². The first kappa shape index (κ1) is 15.1. The number of anilines is 1. The van der Waals surface area contributed by atoms with Crippen molar-refractivity contribution >= 4 is 5.69 Å². The molecule has 0 aliphatic rings. The molecule has 0 amide bonds. The van der Waals surface area contributed by atoms with E-state index in [1.54, 1.807) is 12.1 Å². The van der Waals surface area contributed by atoms with Crippen molar-refractivity contribution < 1.29 is 9.13 Å². The van der Waals surface area contributed by atoms with Crippen LogP contribution < -0.4 is 10.1 Å². The number of hydrogen-bond acceptors (Lipinski definition) is 2. The van der Waals surface area contributed by atoms with Crippen LogP contribution in [-0.4, -0.2) is 0 Å². The molecule has 0 saturated carbocycles. The molecule has 0 aliphatic heterocycles. The van der Waals surface area contributed by atoms with E-state index in [1.165, 1.54) is 6.07 Å². The number of ether oxygens (including phenoxy) is 1. The summed E-state index contributed by atoms with van der Waals surface area (Å²) in [5.41, 5.74) is 2.67. The Balaban J connectivity index is 1.60. The molecule has 0 unspecified atom stereocenters. The number of hydrogen-bond donors (Lipinski definition) is 1. The summed E-state index contributed by atoms with van der Waals surface area (Å²) in [6.45, 7) is 0.965. The Morgan fingerprint density at radius 1 is 0.826 bits per heavy atom. The zero-order valence-corrected chi connectivity index (χ0v) is 12.7. The Hall–Kier alpha value is -2.81. The molecule has 0 saturated heterocycles. The smallest absolute Gasteiger partial charge is 0.128 e. The molecule has 3 aromatic carbocycles. The van der Waals surface area contributed by atoms with Crippen LogP contribution in [0.25, 0.3) is 0 Å². The summed E-state index contributed by atoms with van der Waals surface area (Å²) in [6.07, 6.45) is 0. The van der Waals surface area contributed by atoms with Gasteiger partial charge in [-0.15, -0.1) is 0 Å². The van der Waals surface area contributed by atoms with Gasteiger partial charge in [0.1, 0.15) is 18.2 Å². The van der Waals surface area contributed by atoms with Gasteiger partial charge in [-0.2, -0.15) is 0 Å². The van der Waals surface area contributed by atoms with Gasteiger partial charge in [0.05, 0.1) is 0 Å². The van der Waals surface area contributed by atoms with Crippen molar-refractivity contribution in [1.82, 2.24) is 0 Å². The fourth-order valence-electron chi connectivity index (χ4n) is 2.28. The van der Waals surface area contributed by atoms with E-state index in [0.717, 1.165) is 17.0 Å². The topological polar surface area (TPSA) is 21.3 Å². The maximum absolute atomic E-state index is 13.6. The highest BCUT2D eigenvalue weighted by molar-refractivity contribution is 5.48. The third-order valence-electron chi connectivity index (χ3n) is 3.52. The van der Waals surface area contributed by atoms with Gasteiger partial charge in [0.15, 0.2) is 0 Å². The van der Waals surface area contributed by atoms with Crippen LogP contribution in [-0.2, 0) is 13.2 Å². The number of rotatable bonds is 6. The number of halogens is 1. The fraction of sp³-hybridized carbons (Fsp3) is 0.100. The first-order chi connectivity index (χ1) is 11.3. The largest absolute Gasteiger partial charge is 0.489 e. The van der Waals surface area contributed by atoms with Gasteiger partial charge in [0, 0.05) is 23.9 Å². The predicted octanol–water partition coefficient (Wildman–Crippen LogP) is 5.02. The quantitative estimate of drug-likeness (QED) is 0.690. The normalized spacial score (nSPS) is 10.3. The third kappa shape index (κ3) is 4.33. The zero-order valence-electron chi connectivity index (χ0n) is 12.7. The molecule has 2 nitrogen and oxygen atoms in total. The van der Waals surface area contributed by atoms with E-state index >= 15 is 0 Å². The first-order valence-electron chi connectivity index (χ1n) is 7.55. The maximum Gasteiger partial charge on any atom is 0.128 e. The lowest BCUT2D eigenvalue weighted by atomic mass is 10.2. The highest BCUT2D eigenvalue weighted by Gasteiger charge is 2.02. The Bertz CT molecular complexity index is 758. The SMILES string of the molecule is Fc1ccccc1CNc1cccc(OCc2ccccc2)c1. The lowest BCUT2D eigenvalue weighted by molar-refractivity contribution is 0.306. The van der Waals surface area contributed by atoms with E-state index in [-0.39, 0.29) is 5.82 Å². The molecule has 0 spiro atoms. The van der Waals surface area contributed by atoms with Gasteiger partial charge in [-0.1, -0.05) is 54.6 Å². The van der Waals surface area contributed by atoms with E-state index in [1.807, 2.05) is 60.7 Å². The average Bonchev–Trinajstić information content (AvgIpc) is 2.61. The van der Waals surface area contributed by atoms with Crippen molar-refractivity contribution in [1.29, 1.82) is 0 Å². The Morgan fingerprint density at radius 2 is 1.61 bits per heavy atom. The van der Waals surface area contributed by atoms with Gasteiger partial charge in [-0.05, 0) is 23.8 Å². The maximum atomic E-state index is 13.6. The lowest BCUT2D eigenvalue weighted by Crippen LogP contribution is -2.02. The van der Waals surface area contributed by atoms with E-state index in [2.05, 4.69) is 5.32 Å². The third-order valence-corrected chi connectivity index (χ3v) is 3.52. The van der Waals surface area contributed by atoms with Crippen molar-refractivity contribution in [2.24, 2.45) is 0 Å². The minimum Gasteiger partial charge on any atom is -0.489 e. The minimum atomic E-state index is -0.198. The summed E-state index contributed by atoms with van der Waals surface area (Å²) in [7, 11) is 0. The van der Waals surface area contributed by atoms with Crippen LogP contribution in [0.15, 0.2) is 78.9 Å². The second kappa shape index (κ2) is 7.45. The lowest BCUT2D eigenvalue weighted by Gasteiger charge is -2.10. The van der Waals surface area contributed by atoms with Gasteiger partial charge in [0.2, 0.25) is 0 Å². The molecule has 0 heterocycles. The molecule has 0 aliphatic carbocycles. The average molecular weight is 307 g/mol. The Kier molecular flexibility index (Phi) is 4.89. The number of benzene rings is 3. The summed E-state index contributed by atoms with van der Waals surface area (Å²) in [5.74, 6) is 0.587. The van der Waals surface area contributed by atoms with Gasteiger partial charge in [0.25, 0.3) is 0 Å². The van der Waals surface area contributed by atoms with Crippen molar-refractivity contribution in [3.05, 3.63) is 95.8 Å². The van der Waals surface area contributed by atoms with E-state index in [4.69, 9.17) is 4.74 Å². The van der Waals surface area contributed by atoms with Crippen LogP contribution in [0.3, 0.4) is 0 Å². The minimum absolute atomic E-state index is 0.198. The molecule has 0 bridgehead atoms. The first-order valence-corrected chi connectivity index (χ1v) is 7.55. The summed E-state index contributed by atoms with van der Waals surface area (Å²) in [5, 5.41) is 3.22. The standard InChI is InChI=1S/C20H18FNO/c21-20-12-5-4-9-17(20)14-22-18-10-6-11-19(13-18)23-15-16-7-2-1-3-8-16/h1-13,22H,14-15H2. The number of nitrogens with one attached hydrogen (secondary N) is 1. The highest BCUT2D eigenvalue weighted by atomic mass is 19.1. The molecule has 116 valence electrons. The molecule has 0 radical (unpaired) electrons. The van der Waals surface area contributed by atoms with Crippen LogP contribution in [0, 0.1) is 5.82 Å². The van der Waals surface area contributed by atoms with E-state index in [0.29, 0.717) is 18.7 Å². The molecule has 3 heteroatoms. The van der Waals surface area contributed by atoms with Crippen LogP contribution >= 0.6 is 0 Å². The second-order valence-electron chi connectivity index (χ2n) is 5.25. The molecular formula is C20H18FNO. The van der Waals surface area contributed by atoms with Gasteiger partial charge < -0.3 is 10.1 Å². The van der Waals surface area contributed by atoms with Crippen molar-refractivity contribution in [2.75, 3.05) is 5.32 Å². The van der Waals surface area contributed by atoms with Crippen molar-refractivity contribution in [2.45, 2.75) is 13.2 Å². The fourth-order valence-corrected chi connectivity index (χ4v) is 2.28. The Labute approximate surface area is 135 Å². The summed E-state index contributed by atoms with van der Waals surface area (Å²) < 4.78 is 19.4. The van der Waals surface area contributed by atoms with Crippen LogP contribution in [0.4, 0.5) is 10.1 Å². The van der Waals surface area contributed by atoms with Crippen LogP contribution in [0.2, 0.25) is 0 Å². The molecule has 0 atom stereocenters. The second-order valence-corrected chi connectivity index (χ2v) is 5.25. The molecule has 0 fully saturated rings. The summed E-state index contributed by atoms with van der Waals surface area (Å²) in [6, 6.07) is 24.5. The molecule has 1 N–H and O–H groups in total. The highest BCUT2D eigenvalue weighted by Crippen LogP contribution is 2.19. The molecule has 3 rings (SSSR count). The van der Waals surface area contributed by atoms with E-state index in [9.17, 15) is 4.39 Å². The summed E-state index contributed by atoms with van der Waals surface area (Å²) in [4.78, 5) is 0. The van der Waals surface area contributed by atoms with Crippen LogP contribution in [0.5, 0.6) is 5.75 Å². The van der Waals surface area contributed by atoms with Gasteiger partial charge in [-0.3, -0.25) is 0 Å². The molecular weight excluding hydrogens is 289 g/mol. The molecule has 23 heavy (non-hydrogen) atoms. The monoisotopic (exact) mass is 307 g/mol.